The molecule has 1 aromatic rings. The summed E-state index contributed by atoms with van der Waals surface area (Å²) in [6, 6.07) is 0. The Hall–Kier alpha value is -1.50. The van der Waals surface area contributed by atoms with Crippen LogP contribution in [0.5, 0.6) is 0 Å². The molecule has 0 fully saturated rings. The smallest absolute Gasteiger partial charge is 0.0442 e. The van der Waals surface area contributed by atoms with Crippen molar-refractivity contribution in [3.8, 4) is 0 Å². The lowest BCUT2D eigenvalue weighted by molar-refractivity contribution is 0.868. The minimum Gasteiger partial charge on any atom is -0.348 e. The van der Waals surface area contributed by atoms with Gasteiger partial charge in [-0.05, 0) is 31.1 Å². The topological polar surface area (TPSA) is 4.93 Å². The normalized spacial score (nSPS) is 10.8. The van der Waals surface area contributed by atoms with Gasteiger partial charge in [-0.25, -0.2) is 0 Å². The largest absolute Gasteiger partial charge is 0.348 e. The van der Waals surface area contributed by atoms with Gasteiger partial charge in [0.05, 0.1) is 0 Å². The summed E-state index contributed by atoms with van der Waals surface area (Å²) < 4.78 is 2.17. The molecule has 0 radical (unpaired) electrons. The molecule has 1 nitrogen and oxygen atoms in total. The lowest BCUT2D eigenvalue weighted by atomic mass is 10.1. The zero-order chi connectivity index (χ0) is 10.7. The summed E-state index contributed by atoms with van der Waals surface area (Å²) in [6.45, 7) is 11.7. The molecule has 0 aliphatic rings. The first-order valence-corrected chi connectivity index (χ1v) is 4.70. The van der Waals surface area contributed by atoms with E-state index in [0.717, 1.165) is 0 Å². The van der Waals surface area contributed by atoms with Gasteiger partial charge in [0, 0.05) is 18.4 Å². The van der Waals surface area contributed by atoms with E-state index in [-0.39, 0.29) is 0 Å². The van der Waals surface area contributed by atoms with Crippen molar-refractivity contribution in [3.05, 3.63) is 47.8 Å². The SMILES string of the molecule is C=C/C=C/c1c(C)c(C=C)c(C)n1C. The van der Waals surface area contributed by atoms with Crippen LogP contribution in [0.1, 0.15) is 22.5 Å². The van der Waals surface area contributed by atoms with Gasteiger partial charge < -0.3 is 4.57 Å². The molecule has 1 aromatic heterocycles. The highest BCUT2D eigenvalue weighted by Gasteiger charge is 2.09. The average Bonchev–Trinajstić information content (AvgIpc) is 2.37. The van der Waals surface area contributed by atoms with E-state index in [9.17, 15) is 0 Å². The molecule has 1 rings (SSSR count). The van der Waals surface area contributed by atoms with Gasteiger partial charge >= 0.3 is 0 Å². The van der Waals surface area contributed by atoms with Crippen molar-refractivity contribution < 1.29 is 0 Å². The van der Waals surface area contributed by atoms with Gasteiger partial charge in [-0.15, -0.1) is 0 Å². The van der Waals surface area contributed by atoms with Gasteiger partial charge in [0.25, 0.3) is 0 Å². The first-order chi connectivity index (χ1) is 6.63. The summed E-state index contributed by atoms with van der Waals surface area (Å²) >= 11 is 0. The van der Waals surface area contributed by atoms with Crippen molar-refractivity contribution >= 4 is 12.2 Å². The second-order valence-corrected chi connectivity index (χ2v) is 3.37. The van der Waals surface area contributed by atoms with Crippen LogP contribution in [-0.2, 0) is 7.05 Å². The van der Waals surface area contributed by atoms with Crippen molar-refractivity contribution in [2.75, 3.05) is 0 Å². The molecule has 0 bridgehead atoms. The van der Waals surface area contributed by atoms with Crippen LogP contribution in [0.3, 0.4) is 0 Å². The summed E-state index contributed by atoms with van der Waals surface area (Å²) in [4.78, 5) is 0. The Morgan fingerprint density at radius 3 is 2.29 bits per heavy atom. The Labute approximate surface area is 86.1 Å². The Kier molecular flexibility index (Phi) is 3.13. The van der Waals surface area contributed by atoms with Crippen molar-refractivity contribution in [2.45, 2.75) is 13.8 Å². The van der Waals surface area contributed by atoms with Gasteiger partial charge in [-0.1, -0.05) is 31.4 Å². The molecule has 0 amide bonds. The fourth-order valence-electron chi connectivity index (χ4n) is 1.72. The van der Waals surface area contributed by atoms with Crippen molar-refractivity contribution in [2.24, 2.45) is 7.05 Å². The molecular formula is C13H17N. The third-order valence-electron chi connectivity index (χ3n) is 2.64. The van der Waals surface area contributed by atoms with E-state index in [4.69, 9.17) is 0 Å². The van der Waals surface area contributed by atoms with Gasteiger partial charge in [-0.2, -0.15) is 0 Å². The molecule has 14 heavy (non-hydrogen) atoms. The molecule has 0 aliphatic heterocycles. The van der Waals surface area contributed by atoms with Crippen molar-refractivity contribution in [3.63, 3.8) is 0 Å². The first-order valence-electron chi connectivity index (χ1n) is 4.70. The zero-order valence-electron chi connectivity index (χ0n) is 9.17. The molecule has 74 valence electrons. The zero-order valence-corrected chi connectivity index (χ0v) is 9.17. The Balaban J connectivity index is 3.36. The standard InChI is InChI=1S/C13H17N/c1-6-8-9-13-10(3)12(7-2)11(4)14(13)5/h6-9H,1-2H2,3-5H3/b9-8+. The lowest BCUT2D eigenvalue weighted by Crippen LogP contribution is -1.93. The van der Waals surface area contributed by atoms with Crippen molar-refractivity contribution in [1.82, 2.24) is 4.57 Å². The minimum absolute atomic E-state index is 1.22. The summed E-state index contributed by atoms with van der Waals surface area (Å²) in [6.07, 6.45) is 7.72. The van der Waals surface area contributed by atoms with Crippen LogP contribution in [-0.4, -0.2) is 4.57 Å². The number of aromatic nitrogens is 1. The molecule has 0 saturated carbocycles. The van der Waals surface area contributed by atoms with E-state index >= 15 is 0 Å². The molecule has 1 heterocycles. The summed E-state index contributed by atoms with van der Waals surface area (Å²) in [5, 5.41) is 0. The monoisotopic (exact) mass is 187 g/mol. The molecule has 1 heteroatoms. The quantitative estimate of drug-likeness (QED) is 0.638. The number of rotatable bonds is 3. The highest BCUT2D eigenvalue weighted by atomic mass is 15.0. The lowest BCUT2D eigenvalue weighted by Gasteiger charge is -1.99. The fraction of sp³-hybridized carbons (Fsp3) is 0.231. The maximum Gasteiger partial charge on any atom is 0.0442 e. The van der Waals surface area contributed by atoms with E-state index in [1.165, 1.54) is 22.5 Å². The Bertz CT molecular complexity index is 392. The number of hydrogen-bond donors (Lipinski definition) is 0. The number of hydrogen-bond acceptors (Lipinski definition) is 0. The van der Waals surface area contributed by atoms with E-state index in [1.54, 1.807) is 6.08 Å². The molecule has 0 N–H and O–H groups in total. The average molecular weight is 187 g/mol. The summed E-state index contributed by atoms with van der Waals surface area (Å²) in [5.74, 6) is 0. The van der Waals surface area contributed by atoms with E-state index in [1.807, 2.05) is 12.2 Å². The van der Waals surface area contributed by atoms with Crippen LogP contribution in [0.4, 0.5) is 0 Å². The minimum atomic E-state index is 1.22. The second-order valence-electron chi connectivity index (χ2n) is 3.37. The second kappa shape index (κ2) is 4.14. The summed E-state index contributed by atoms with van der Waals surface area (Å²) in [7, 11) is 2.07. The maximum atomic E-state index is 3.83. The third kappa shape index (κ3) is 1.58. The van der Waals surface area contributed by atoms with Gasteiger partial charge in [-0.3, -0.25) is 0 Å². The molecule has 0 unspecified atom stereocenters. The van der Waals surface area contributed by atoms with E-state index in [0.29, 0.717) is 0 Å². The van der Waals surface area contributed by atoms with Crippen LogP contribution in [0.15, 0.2) is 25.3 Å². The molecule has 0 saturated heterocycles. The molecule has 0 spiro atoms. The molecule has 0 aromatic carbocycles. The van der Waals surface area contributed by atoms with E-state index < -0.39 is 0 Å². The van der Waals surface area contributed by atoms with Gasteiger partial charge in [0.15, 0.2) is 0 Å². The highest BCUT2D eigenvalue weighted by Crippen LogP contribution is 2.22. The predicted octanol–water partition coefficient (Wildman–Crippen LogP) is 3.48. The van der Waals surface area contributed by atoms with Crippen LogP contribution >= 0.6 is 0 Å². The first kappa shape index (κ1) is 10.6. The Morgan fingerprint density at radius 2 is 1.86 bits per heavy atom. The van der Waals surface area contributed by atoms with Gasteiger partial charge in [0.2, 0.25) is 0 Å². The van der Waals surface area contributed by atoms with E-state index in [2.05, 4.69) is 44.7 Å². The van der Waals surface area contributed by atoms with Crippen molar-refractivity contribution in [1.29, 1.82) is 0 Å². The molecule has 0 aliphatic carbocycles. The van der Waals surface area contributed by atoms with Crippen LogP contribution < -0.4 is 0 Å². The van der Waals surface area contributed by atoms with Crippen LogP contribution in [0, 0.1) is 13.8 Å². The van der Waals surface area contributed by atoms with Gasteiger partial charge in [0.1, 0.15) is 0 Å². The fourth-order valence-corrected chi connectivity index (χ4v) is 1.72. The molecule has 0 atom stereocenters. The van der Waals surface area contributed by atoms with Crippen LogP contribution in [0.25, 0.3) is 12.2 Å². The van der Waals surface area contributed by atoms with Crippen LogP contribution in [0.2, 0.25) is 0 Å². The third-order valence-corrected chi connectivity index (χ3v) is 2.64. The number of allylic oxidation sites excluding steroid dienone is 2. The maximum absolute atomic E-state index is 3.83. The predicted molar refractivity (Wildman–Crippen MR) is 64.2 cm³/mol. The molecular weight excluding hydrogens is 170 g/mol. The highest BCUT2D eigenvalue weighted by molar-refractivity contribution is 5.64. The Morgan fingerprint density at radius 1 is 1.21 bits per heavy atom. The summed E-state index contributed by atoms with van der Waals surface area (Å²) in [5.41, 5.74) is 4.98. The number of nitrogens with zero attached hydrogens (tertiary/aromatic N) is 1.